The number of carbonyl (C=O) groups is 1. The van der Waals surface area contributed by atoms with E-state index in [1.807, 2.05) is 50.2 Å². The minimum atomic E-state index is -0.658. The zero-order chi connectivity index (χ0) is 20.1. The van der Waals surface area contributed by atoms with Crippen LogP contribution in [0.2, 0.25) is 0 Å². The lowest BCUT2D eigenvalue weighted by atomic mass is 10.1. The van der Waals surface area contributed by atoms with E-state index in [2.05, 4.69) is 9.97 Å². The van der Waals surface area contributed by atoms with Crippen molar-refractivity contribution in [1.29, 1.82) is 5.26 Å². The molecule has 3 rings (SSSR count). The van der Waals surface area contributed by atoms with E-state index >= 15 is 0 Å². The van der Waals surface area contributed by atoms with Gasteiger partial charge in [0.25, 0.3) is 0 Å². The lowest BCUT2D eigenvalue weighted by molar-refractivity contribution is -0.145. The topological polar surface area (TPSA) is 108 Å². The Morgan fingerprint density at radius 3 is 2.71 bits per heavy atom. The highest BCUT2D eigenvalue weighted by molar-refractivity contribution is 5.83. The Labute approximate surface area is 161 Å². The lowest BCUT2D eigenvalue weighted by Crippen LogP contribution is -2.17. The first-order valence-corrected chi connectivity index (χ1v) is 8.61. The molecule has 0 amide bonds. The van der Waals surface area contributed by atoms with Crippen LogP contribution in [0.4, 0.5) is 0 Å². The van der Waals surface area contributed by atoms with E-state index in [0.717, 1.165) is 16.6 Å². The Morgan fingerprint density at radius 1 is 1.18 bits per heavy atom. The van der Waals surface area contributed by atoms with Crippen molar-refractivity contribution in [1.82, 2.24) is 9.97 Å². The number of nitrogens with zero attached hydrogens (tertiary/aromatic N) is 2. The number of ether oxygens (including phenoxy) is 2. The highest BCUT2D eigenvalue weighted by Crippen LogP contribution is 2.21. The molecule has 0 saturated carbocycles. The maximum Gasteiger partial charge on any atom is 0.344 e. The maximum atomic E-state index is 11.9. The predicted octanol–water partition coefficient (Wildman–Crippen LogP) is 3.59. The summed E-state index contributed by atoms with van der Waals surface area (Å²) < 4.78 is 10.5. The van der Waals surface area contributed by atoms with Gasteiger partial charge in [-0.05, 0) is 43.2 Å². The number of hydrogen-bond donors (Lipinski definition) is 2. The Kier molecular flexibility index (Phi) is 5.61. The van der Waals surface area contributed by atoms with E-state index in [-0.39, 0.29) is 23.8 Å². The number of esters is 1. The van der Waals surface area contributed by atoms with Gasteiger partial charge in [-0.15, -0.1) is 0 Å². The Bertz CT molecular complexity index is 1060. The maximum absolute atomic E-state index is 11.9. The van der Waals surface area contributed by atoms with Crippen molar-refractivity contribution in [2.45, 2.75) is 13.8 Å². The average molecular weight is 377 g/mol. The van der Waals surface area contributed by atoms with Gasteiger partial charge in [-0.2, -0.15) is 5.26 Å². The molecule has 7 heteroatoms. The van der Waals surface area contributed by atoms with Gasteiger partial charge in [0.2, 0.25) is 0 Å². The summed E-state index contributed by atoms with van der Waals surface area (Å²) in [4.78, 5) is 19.1. The number of H-pyrrole nitrogens is 1. The Morgan fingerprint density at radius 2 is 1.96 bits per heavy atom. The second-order valence-corrected chi connectivity index (χ2v) is 6.18. The number of aryl methyl sites for hydroxylation is 1. The molecule has 3 aromatic rings. The number of para-hydroxylation sites is 2. The molecule has 0 spiro atoms. The summed E-state index contributed by atoms with van der Waals surface area (Å²) in [6.45, 7) is 3.10. The molecule has 7 nitrogen and oxygen atoms in total. The number of fused-ring (bicyclic) bond motifs is 1. The normalized spacial score (nSPS) is 11.6. The van der Waals surface area contributed by atoms with E-state index in [0.29, 0.717) is 11.3 Å². The van der Waals surface area contributed by atoms with Crippen molar-refractivity contribution in [2.75, 3.05) is 13.2 Å². The van der Waals surface area contributed by atoms with Gasteiger partial charge >= 0.3 is 5.97 Å². The van der Waals surface area contributed by atoms with Crippen LogP contribution in [-0.4, -0.2) is 34.3 Å². The number of benzene rings is 2. The molecule has 0 atom stereocenters. The first kappa shape index (κ1) is 19.0. The van der Waals surface area contributed by atoms with Crippen LogP contribution >= 0.6 is 0 Å². The second-order valence-electron chi connectivity index (χ2n) is 6.18. The van der Waals surface area contributed by atoms with Crippen LogP contribution in [0.1, 0.15) is 17.0 Å². The molecule has 0 fully saturated rings. The van der Waals surface area contributed by atoms with Crippen LogP contribution in [0, 0.1) is 25.2 Å². The highest BCUT2D eigenvalue weighted by Gasteiger charge is 2.15. The Hall–Kier alpha value is -3.79. The molecule has 1 heterocycles. The van der Waals surface area contributed by atoms with Crippen molar-refractivity contribution in [3.05, 3.63) is 65.2 Å². The van der Waals surface area contributed by atoms with Gasteiger partial charge < -0.3 is 19.6 Å². The monoisotopic (exact) mass is 377 g/mol. The summed E-state index contributed by atoms with van der Waals surface area (Å²) in [7, 11) is 0. The third-order valence-corrected chi connectivity index (χ3v) is 4.30. The van der Waals surface area contributed by atoms with Crippen LogP contribution in [0.25, 0.3) is 16.6 Å². The molecule has 2 aromatic carbocycles. The molecule has 28 heavy (non-hydrogen) atoms. The number of aromatic nitrogens is 2. The van der Waals surface area contributed by atoms with Gasteiger partial charge in [-0.1, -0.05) is 24.3 Å². The summed E-state index contributed by atoms with van der Waals surface area (Å²) in [5.41, 5.74) is 3.30. The van der Waals surface area contributed by atoms with Crippen LogP contribution in [-0.2, 0) is 9.53 Å². The van der Waals surface area contributed by atoms with E-state index in [1.165, 1.54) is 0 Å². The third-order valence-electron chi connectivity index (χ3n) is 4.30. The number of imidazole rings is 1. The van der Waals surface area contributed by atoms with E-state index in [9.17, 15) is 15.2 Å². The van der Waals surface area contributed by atoms with Crippen LogP contribution in [0.15, 0.2) is 48.2 Å². The fourth-order valence-corrected chi connectivity index (χ4v) is 2.61. The number of aromatic amines is 1. The number of nitriles is 1. The third kappa shape index (κ3) is 4.13. The van der Waals surface area contributed by atoms with E-state index in [1.54, 1.807) is 12.1 Å². The molecule has 0 unspecified atom stereocenters. The van der Waals surface area contributed by atoms with E-state index < -0.39 is 12.6 Å². The number of nitrogens with one attached hydrogen (secondary N) is 1. The van der Waals surface area contributed by atoms with Crippen molar-refractivity contribution < 1.29 is 19.4 Å². The fraction of sp³-hybridized carbons (Fsp3) is 0.190. The minimum Gasteiger partial charge on any atom is -0.507 e. The SMILES string of the molecule is Cc1cccc(OCC(=O)OCC(O)=C(C#N)c2nc3ccccc3[nH]2)c1C. The first-order valence-electron chi connectivity index (χ1n) is 8.61. The molecule has 142 valence electrons. The van der Waals surface area contributed by atoms with Crippen LogP contribution < -0.4 is 4.74 Å². The summed E-state index contributed by atoms with van der Waals surface area (Å²) in [5, 5.41) is 19.5. The average Bonchev–Trinajstić information content (AvgIpc) is 3.11. The largest absolute Gasteiger partial charge is 0.507 e. The minimum absolute atomic E-state index is 0.0838. The zero-order valence-corrected chi connectivity index (χ0v) is 15.5. The molecule has 1 aromatic heterocycles. The van der Waals surface area contributed by atoms with Gasteiger partial charge in [-0.25, -0.2) is 9.78 Å². The molecule has 0 aliphatic carbocycles. The molecule has 0 bridgehead atoms. The summed E-state index contributed by atoms with van der Waals surface area (Å²) in [6, 6.07) is 14.7. The smallest absolute Gasteiger partial charge is 0.344 e. The summed E-state index contributed by atoms with van der Waals surface area (Å²) >= 11 is 0. The summed E-state index contributed by atoms with van der Waals surface area (Å²) in [6.07, 6.45) is 0. The summed E-state index contributed by atoms with van der Waals surface area (Å²) in [5.74, 6) is -0.239. The second kappa shape index (κ2) is 8.27. The quantitative estimate of drug-likeness (QED) is 0.386. The Balaban J connectivity index is 1.64. The van der Waals surface area contributed by atoms with Gasteiger partial charge in [0.05, 0.1) is 11.0 Å². The highest BCUT2D eigenvalue weighted by atomic mass is 16.6. The predicted molar refractivity (Wildman–Crippen MR) is 104 cm³/mol. The van der Waals surface area contributed by atoms with Crippen molar-refractivity contribution >= 4 is 22.6 Å². The number of rotatable bonds is 6. The fourth-order valence-electron chi connectivity index (χ4n) is 2.61. The van der Waals surface area contributed by atoms with Crippen LogP contribution in [0.5, 0.6) is 5.75 Å². The number of aliphatic hydroxyl groups is 1. The van der Waals surface area contributed by atoms with Crippen molar-refractivity contribution in [3.8, 4) is 11.8 Å². The molecule has 0 aliphatic heterocycles. The van der Waals surface area contributed by atoms with Gasteiger partial charge in [0.15, 0.2) is 18.2 Å². The van der Waals surface area contributed by atoms with Crippen molar-refractivity contribution in [2.24, 2.45) is 0 Å². The number of carbonyl (C=O) groups excluding carboxylic acids is 1. The van der Waals surface area contributed by atoms with Crippen molar-refractivity contribution in [3.63, 3.8) is 0 Å². The number of aliphatic hydroxyl groups excluding tert-OH is 1. The van der Waals surface area contributed by atoms with Crippen LogP contribution in [0.3, 0.4) is 0 Å². The van der Waals surface area contributed by atoms with Gasteiger partial charge in [0, 0.05) is 0 Å². The zero-order valence-electron chi connectivity index (χ0n) is 15.5. The standard InChI is InChI=1S/C21H19N3O4/c1-13-6-5-9-19(14(13)2)27-12-20(26)28-11-18(25)15(10-22)21-23-16-7-3-4-8-17(16)24-21/h3-9,25H,11-12H2,1-2H3,(H,23,24). The molecular formula is C21H19N3O4. The molecule has 0 aliphatic rings. The van der Waals surface area contributed by atoms with Gasteiger partial charge in [-0.3, -0.25) is 0 Å². The first-order chi connectivity index (χ1) is 13.5. The number of hydrogen-bond acceptors (Lipinski definition) is 6. The van der Waals surface area contributed by atoms with Gasteiger partial charge in [0.1, 0.15) is 24.0 Å². The molecule has 0 saturated heterocycles. The molecular weight excluding hydrogens is 358 g/mol. The number of allylic oxidation sites excluding steroid dienone is 1. The lowest BCUT2D eigenvalue weighted by Gasteiger charge is -2.10. The molecule has 2 N–H and O–H groups in total. The van der Waals surface area contributed by atoms with E-state index in [4.69, 9.17) is 9.47 Å². The molecule has 0 radical (unpaired) electrons.